The van der Waals surface area contributed by atoms with Crippen LogP contribution < -0.4 is 0 Å². The third kappa shape index (κ3) is 2.40. The van der Waals surface area contributed by atoms with Gasteiger partial charge in [-0.25, -0.2) is 0 Å². The van der Waals surface area contributed by atoms with Gasteiger partial charge in [0.25, 0.3) is 5.69 Å². The summed E-state index contributed by atoms with van der Waals surface area (Å²) in [6.45, 7) is 0.710. The molecule has 0 amide bonds. The number of nitrogens with zero attached hydrogens (tertiary/aromatic N) is 2. The molecule has 0 aliphatic heterocycles. The van der Waals surface area contributed by atoms with E-state index in [-0.39, 0.29) is 10.6 Å². The number of benzene rings is 2. The highest BCUT2D eigenvalue weighted by molar-refractivity contribution is 14.1. The summed E-state index contributed by atoms with van der Waals surface area (Å²) in [5, 5.41) is 11.7. The lowest BCUT2D eigenvalue weighted by Crippen LogP contribution is -1.98. The van der Waals surface area contributed by atoms with E-state index in [2.05, 4.69) is 46.9 Å². The molecule has 1 heterocycles. The van der Waals surface area contributed by atoms with E-state index < -0.39 is 0 Å². The number of halogens is 1. The summed E-state index contributed by atoms with van der Waals surface area (Å²) in [5.41, 5.74) is 2.22. The summed E-state index contributed by atoms with van der Waals surface area (Å²) in [5.74, 6) is 0. The second kappa shape index (κ2) is 5.24. The molecule has 0 radical (unpaired) electrons. The third-order valence-electron chi connectivity index (χ3n) is 3.25. The van der Waals surface area contributed by atoms with Crippen molar-refractivity contribution in [3.63, 3.8) is 0 Å². The highest BCUT2D eigenvalue weighted by Crippen LogP contribution is 2.26. The van der Waals surface area contributed by atoms with Crippen molar-refractivity contribution in [2.45, 2.75) is 6.54 Å². The lowest BCUT2D eigenvalue weighted by Gasteiger charge is -2.06. The molecule has 100 valence electrons. The Morgan fingerprint density at radius 3 is 2.55 bits per heavy atom. The van der Waals surface area contributed by atoms with Crippen LogP contribution in [0.25, 0.3) is 10.9 Å². The van der Waals surface area contributed by atoms with Gasteiger partial charge in [-0.3, -0.25) is 10.1 Å². The Morgan fingerprint density at radius 2 is 1.85 bits per heavy atom. The van der Waals surface area contributed by atoms with Gasteiger partial charge in [-0.05, 0) is 52.4 Å². The number of non-ortho nitro benzene ring substituents is 1. The van der Waals surface area contributed by atoms with E-state index in [4.69, 9.17) is 0 Å². The van der Waals surface area contributed by atoms with Gasteiger partial charge in [0, 0.05) is 22.4 Å². The first-order valence-corrected chi connectivity index (χ1v) is 7.20. The van der Waals surface area contributed by atoms with Gasteiger partial charge in [-0.15, -0.1) is 0 Å². The normalized spacial score (nSPS) is 10.8. The number of nitro benzene ring substituents is 1. The highest BCUT2D eigenvalue weighted by Gasteiger charge is 2.13. The van der Waals surface area contributed by atoms with Gasteiger partial charge in [0.2, 0.25) is 0 Å². The number of hydrogen-bond donors (Lipinski definition) is 0. The Labute approximate surface area is 129 Å². The molecule has 20 heavy (non-hydrogen) atoms. The van der Waals surface area contributed by atoms with Crippen LogP contribution >= 0.6 is 22.6 Å². The molecule has 0 fully saturated rings. The first-order valence-electron chi connectivity index (χ1n) is 6.12. The smallest absolute Gasteiger partial charge is 0.278 e. The van der Waals surface area contributed by atoms with E-state index in [0.717, 1.165) is 5.52 Å². The predicted molar refractivity (Wildman–Crippen MR) is 86.9 cm³/mol. The van der Waals surface area contributed by atoms with Crippen molar-refractivity contribution in [2.24, 2.45) is 0 Å². The number of nitro groups is 1. The molecule has 1 aromatic heterocycles. The van der Waals surface area contributed by atoms with Crippen molar-refractivity contribution in [3.05, 3.63) is 74.0 Å². The summed E-state index contributed by atoms with van der Waals surface area (Å²) in [7, 11) is 0. The van der Waals surface area contributed by atoms with Crippen molar-refractivity contribution in [2.75, 3.05) is 0 Å². The summed E-state index contributed by atoms with van der Waals surface area (Å²) in [4.78, 5) is 10.7. The Hall–Kier alpha value is -1.89. The van der Waals surface area contributed by atoms with Crippen LogP contribution in [0.2, 0.25) is 0 Å². The molecule has 2 aromatic carbocycles. The lowest BCUT2D eigenvalue weighted by atomic mass is 10.2. The van der Waals surface area contributed by atoms with Crippen LogP contribution in [0, 0.1) is 13.7 Å². The van der Waals surface area contributed by atoms with Crippen LogP contribution in [0.5, 0.6) is 0 Å². The molecule has 3 aromatic rings. The zero-order valence-electron chi connectivity index (χ0n) is 10.5. The predicted octanol–water partition coefficient (Wildman–Crippen LogP) is 4.20. The van der Waals surface area contributed by atoms with Gasteiger partial charge < -0.3 is 4.57 Å². The van der Waals surface area contributed by atoms with Crippen molar-refractivity contribution in [1.29, 1.82) is 0 Å². The maximum absolute atomic E-state index is 11.0. The molecular formula is C15H11IN2O2. The van der Waals surface area contributed by atoms with E-state index in [9.17, 15) is 10.1 Å². The maximum Gasteiger partial charge on any atom is 0.278 e. The molecule has 0 unspecified atom stereocenters. The summed E-state index contributed by atoms with van der Waals surface area (Å²) in [6.07, 6.45) is 1.90. The Balaban J connectivity index is 2.03. The van der Waals surface area contributed by atoms with Gasteiger partial charge in [-0.2, -0.15) is 0 Å². The number of rotatable bonds is 3. The summed E-state index contributed by atoms with van der Waals surface area (Å²) < 4.78 is 3.23. The van der Waals surface area contributed by atoms with Crippen molar-refractivity contribution >= 4 is 39.2 Å². The summed E-state index contributed by atoms with van der Waals surface area (Å²) in [6, 6.07) is 15.3. The van der Waals surface area contributed by atoms with Crippen molar-refractivity contribution in [1.82, 2.24) is 4.57 Å². The van der Waals surface area contributed by atoms with Crippen LogP contribution in [-0.4, -0.2) is 9.49 Å². The fourth-order valence-electron chi connectivity index (χ4n) is 2.29. The van der Waals surface area contributed by atoms with Crippen molar-refractivity contribution in [3.8, 4) is 0 Å². The average molecular weight is 378 g/mol. The van der Waals surface area contributed by atoms with E-state index in [0.29, 0.717) is 11.9 Å². The van der Waals surface area contributed by atoms with E-state index in [1.54, 1.807) is 12.1 Å². The second-order valence-electron chi connectivity index (χ2n) is 4.54. The van der Waals surface area contributed by atoms with Crippen LogP contribution in [0.15, 0.2) is 54.7 Å². The molecule has 0 aliphatic rings. The minimum atomic E-state index is -0.336. The molecule has 3 rings (SSSR count). The zero-order chi connectivity index (χ0) is 14.1. The topological polar surface area (TPSA) is 48.1 Å². The van der Waals surface area contributed by atoms with Crippen LogP contribution in [-0.2, 0) is 6.54 Å². The van der Waals surface area contributed by atoms with Crippen molar-refractivity contribution < 1.29 is 4.92 Å². The standard InChI is InChI=1S/C15H11IN2O2/c16-12-6-4-11(5-7-12)10-17-9-8-13-14(17)2-1-3-15(13)18(19)20/h1-9H,10H2. The minimum absolute atomic E-state index is 0.156. The largest absolute Gasteiger partial charge is 0.343 e. The van der Waals surface area contributed by atoms with Gasteiger partial charge >= 0.3 is 0 Å². The molecule has 0 aliphatic carbocycles. The molecule has 0 N–H and O–H groups in total. The Morgan fingerprint density at radius 1 is 1.10 bits per heavy atom. The van der Waals surface area contributed by atoms with Gasteiger partial charge in [0.15, 0.2) is 0 Å². The van der Waals surface area contributed by atoms with Crippen LogP contribution in [0.4, 0.5) is 5.69 Å². The van der Waals surface area contributed by atoms with E-state index in [1.165, 1.54) is 15.2 Å². The molecule has 0 spiro atoms. The summed E-state index contributed by atoms with van der Waals surface area (Å²) >= 11 is 2.27. The monoisotopic (exact) mass is 378 g/mol. The molecular weight excluding hydrogens is 367 g/mol. The maximum atomic E-state index is 11.0. The minimum Gasteiger partial charge on any atom is -0.343 e. The first kappa shape index (κ1) is 13.1. The quantitative estimate of drug-likeness (QED) is 0.390. The Bertz CT molecular complexity index is 778. The first-order chi connectivity index (χ1) is 9.65. The zero-order valence-corrected chi connectivity index (χ0v) is 12.6. The Kier molecular flexibility index (Phi) is 3.43. The SMILES string of the molecule is O=[N+]([O-])c1cccc2c1ccn2Cc1ccc(I)cc1. The van der Waals surface area contributed by atoms with E-state index in [1.807, 2.05) is 16.8 Å². The fraction of sp³-hybridized carbons (Fsp3) is 0.0667. The molecule has 4 nitrogen and oxygen atoms in total. The lowest BCUT2D eigenvalue weighted by molar-refractivity contribution is -0.383. The molecule has 5 heteroatoms. The highest BCUT2D eigenvalue weighted by atomic mass is 127. The molecule has 0 saturated carbocycles. The van der Waals surface area contributed by atoms with Gasteiger partial charge in [-0.1, -0.05) is 18.2 Å². The number of aromatic nitrogens is 1. The molecule has 0 bridgehead atoms. The number of hydrogen-bond acceptors (Lipinski definition) is 2. The van der Waals surface area contributed by atoms with Crippen LogP contribution in [0.3, 0.4) is 0 Å². The molecule has 0 atom stereocenters. The van der Waals surface area contributed by atoms with E-state index >= 15 is 0 Å². The number of fused-ring (bicyclic) bond motifs is 1. The second-order valence-corrected chi connectivity index (χ2v) is 5.78. The average Bonchev–Trinajstić information content (AvgIpc) is 2.84. The van der Waals surface area contributed by atoms with Gasteiger partial charge in [0.1, 0.15) is 0 Å². The van der Waals surface area contributed by atoms with Crippen LogP contribution in [0.1, 0.15) is 5.56 Å². The fourth-order valence-corrected chi connectivity index (χ4v) is 2.65. The third-order valence-corrected chi connectivity index (χ3v) is 3.97. The molecule has 0 saturated heterocycles. The van der Waals surface area contributed by atoms with Gasteiger partial charge in [0.05, 0.1) is 15.8 Å².